The summed E-state index contributed by atoms with van der Waals surface area (Å²) in [5.74, 6) is 3.17. The summed E-state index contributed by atoms with van der Waals surface area (Å²) in [6.07, 6.45) is 6.17. The largest absolute Gasteiger partial charge is 0.496 e. The molecule has 0 radical (unpaired) electrons. The van der Waals surface area contributed by atoms with Crippen molar-refractivity contribution in [1.82, 2.24) is 24.3 Å². The Morgan fingerprint density at radius 1 is 0.886 bits per heavy atom. The zero-order valence-corrected chi connectivity index (χ0v) is 27.2. The van der Waals surface area contributed by atoms with Gasteiger partial charge in [-0.1, -0.05) is 44.2 Å². The third-order valence-electron chi connectivity index (χ3n) is 9.46. The average molecular weight is 596 g/mol. The van der Waals surface area contributed by atoms with Crippen molar-refractivity contribution < 1.29 is 4.74 Å². The molecule has 0 saturated carbocycles. The number of aromatic nitrogens is 3. The second-order valence-corrected chi connectivity index (χ2v) is 13.1. The first-order valence-electron chi connectivity index (χ1n) is 16.3. The number of methoxy groups -OCH3 is 1. The van der Waals surface area contributed by atoms with Crippen molar-refractivity contribution in [2.24, 2.45) is 13.0 Å². The number of piperazine rings is 1. The second-order valence-electron chi connectivity index (χ2n) is 13.1. The molecule has 0 aliphatic carbocycles. The first-order valence-corrected chi connectivity index (χ1v) is 16.3. The third kappa shape index (κ3) is 6.87. The van der Waals surface area contributed by atoms with Crippen LogP contribution in [0.1, 0.15) is 49.2 Å². The number of fused-ring (bicyclic) bond motifs is 1. The molecular weight excluding hydrogens is 546 g/mol. The fourth-order valence-electron chi connectivity index (χ4n) is 6.91. The standard InChI is InChI=1S/C36H49N7O/c1-26(2)22-27-8-6-7-9-29(27)25-37-36-35-32(14-15-41(35)4)38-34(39-36)23-28-10-11-31(24-33(28)44-5)42-16-12-30(13-17-42)43-20-18-40(3)19-21-43/h6-11,14-15,24,26,30H,12-13,16-23,25H2,1-5H3,(H,37,38,39). The van der Waals surface area contributed by atoms with Gasteiger partial charge in [0.1, 0.15) is 17.1 Å². The van der Waals surface area contributed by atoms with Gasteiger partial charge in [-0.25, -0.2) is 9.97 Å². The smallest absolute Gasteiger partial charge is 0.154 e. The summed E-state index contributed by atoms with van der Waals surface area (Å²) < 4.78 is 8.03. The number of nitrogens with zero attached hydrogens (tertiary/aromatic N) is 6. The minimum atomic E-state index is 0.608. The maximum absolute atomic E-state index is 5.93. The summed E-state index contributed by atoms with van der Waals surface area (Å²) in [6.45, 7) is 12.2. The van der Waals surface area contributed by atoms with E-state index in [1.54, 1.807) is 7.11 Å². The van der Waals surface area contributed by atoms with Gasteiger partial charge in [0, 0.05) is 88.8 Å². The molecule has 2 aromatic carbocycles. The molecule has 2 aliphatic rings. The first-order chi connectivity index (χ1) is 21.4. The highest BCUT2D eigenvalue weighted by molar-refractivity contribution is 5.86. The lowest BCUT2D eigenvalue weighted by molar-refractivity contribution is 0.0982. The predicted molar refractivity (Wildman–Crippen MR) is 181 cm³/mol. The maximum atomic E-state index is 5.93. The topological polar surface area (TPSA) is 61.7 Å². The number of nitrogens with one attached hydrogen (secondary N) is 1. The number of anilines is 2. The fraction of sp³-hybridized carbons (Fsp3) is 0.500. The molecule has 4 heterocycles. The van der Waals surface area contributed by atoms with Crippen LogP contribution >= 0.6 is 0 Å². The Kier molecular flexibility index (Phi) is 9.38. The predicted octanol–water partition coefficient (Wildman–Crippen LogP) is 5.59. The Morgan fingerprint density at radius 3 is 2.36 bits per heavy atom. The van der Waals surface area contributed by atoms with E-state index in [1.165, 1.54) is 55.8 Å². The highest BCUT2D eigenvalue weighted by Gasteiger charge is 2.27. The van der Waals surface area contributed by atoms with E-state index >= 15 is 0 Å². The van der Waals surface area contributed by atoms with Crippen molar-refractivity contribution in [2.75, 3.05) is 63.6 Å². The molecule has 1 N–H and O–H groups in total. The third-order valence-corrected chi connectivity index (χ3v) is 9.46. The van der Waals surface area contributed by atoms with Crippen molar-refractivity contribution in [3.8, 4) is 5.75 Å². The molecule has 8 nitrogen and oxygen atoms in total. The van der Waals surface area contributed by atoms with Gasteiger partial charge < -0.3 is 24.4 Å². The number of hydrogen-bond donors (Lipinski definition) is 1. The summed E-state index contributed by atoms with van der Waals surface area (Å²) >= 11 is 0. The number of likely N-dealkylation sites (N-methyl/N-ethyl adjacent to an activating group) is 1. The molecule has 6 rings (SSSR count). The van der Waals surface area contributed by atoms with Crippen LogP contribution in [0.4, 0.5) is 11.5 Å². The van der Waals surface area contributed by atoms with Crippen molar-refractivity contribution in [2.45, 2.75) is 52.1 Å². The van der Waals surface area contributed by atoms with Crippen molar-refractivity contribution >= 4 is 22.5 Å². The number of benzene rings is 2. The Morgan fingerprint density at radius 2 is 1.64 bits per heavy atom. The van der Waals surface area contributed by atoms with E-state index in [9.17, 15) is 0 Å². The van der Waals surface area contributed by atoms with Gasteiger partial charge in [-0.15, -0.1) is 0 Å². The number of rotatable bonds is 10. The summed E-state index contributed by atoms with van der Waals surface area (Å²) in [5, 5.41) is 3.67. The Hall–Kier alpha value is -3.62. The maximum Gasteiger partial charge on any atom is 0.154 e. The van der Waals surface area contributed by atoms with Gasteiger partial charge in [0.15, 0.2) is 5.82 Å². The Balaban J connectivity index is 1.17. The quantitative estimate of drug-likeness (QED) is 0.256. The number of ether oxygens (including phenoxy) is 1. The van der Waals surface area contributed by atoms with E-state index in [0.29, 0.717) is 18.4 Å². The van der Waals surface area contributed by atoms with E-state index < -0.39 is 0 Å². The molecule has 234 valence electrons. The SMILES string of the molecule is COc1cc(N2CCC(N3CCN(C)CC3)CC2)ccc1Cc1nc(NCc2ccccc2CC(C)C)c2c(ccn2C)n1. The van der Waals surface area contributed by atoms with Gasteiger partial charge in [0.05, 0.1) is 12.6 Å². The van der Waals surface area contributed by atoms with Gasteiger partial charge in [-0.3, -0.25) is 4.90 Å². The van der Waals surface area contributed by atoms with Gasteiger partial charge in [0.2, 0.25) is 0 Å². The van der Waals surface area contributed by atoms with Crippen LogP contribution in [-0.2, 0) is 26.4 Å². The van der Waals surface area contributed by atoms with E-state index in [1.807, 2.05) is 0 Å². The molecule has 0 unspecified atom stereocenters. The number of piperidine rings is 1. The highest BCUT2D eigenvalue weighted by atomic mass is 16.5. The van der Waals surface area contributed by atoms with E-state index in [0.717, 1.165) is 60.0 Å². The Bertz CT molecular complexity index is 1550. The average Bonchev–Trinajstić information content (AvgIpc) is 3.41. The molecule has 2 saturated heterocycles. The normalized spacial score (nSPS) is 17.1. The monoisotopic (exact) mass is 595 g/mol. The first kappa shape index (κ1) is 30.4. The van der Waals surface area contributed by atoms with Crippen LogP contribution in [-0.4, -0.2) is 83.8 Å². The molecular formula is C36H49N7O. The van der Waals surface area contributed by atoms with Gasteiger partial charge in [-0.2, -0.15) is 0 Å². The molecule has 0 amide bonds. The van der Waals surface area contributed by atoms with E-state index in [2.05, 4.69) is 107 Å². The van der Waals surface area contributed by atoms with E-state index in [-0.39, 0.29) is 0 Å². The minimum absolute atomic E-state index is 0.608. The fourth-order valence-corrected chi connectivity index (χ4v) is 6.91. The van der Waals surface area contributed by atoms with Crippen LogP contribution in [0.2, 0.25) is 0 Å². The summed E-state index contributed by atoms with van der Waals surface area (Å²) in [5.41, 5.74) is 7.03. The van der Waals surface area contributed by atoms with Crippen LogP contribution in [0.3, 0.4) is 0 Å². The molecule has 2 fully saturated rings. The second kappa shape index (κ2) is 13.6. The highest BCUT2D eigenvalue weighted by Crippen LogP contribution is 2.31. The van der Waals surface area contributed by atoms with Crippen LogP contribution in [0.25, 0.3) is 11.0 Å². The lowest BCUT2D eigenvalue weighted by Gasteiger charge is -2.42. The van der Waals surface area contributed by atoms with Gasteiger partial charge in [0.25, 0.3) is 0 Å². The lowest BCUT2D eigenvalue weighted by atomic mass is 9.98. The van der Waals surface area contributed by atoms with Gasteiger partial charge in [-0.05, 0) is 55.5 Å². The lowest BCUT2D eigenvalue weighted by Crippen LogP contribution is -2.52. The van der Waals surface area contributed by atoms with Crippen molar-refractivity contribution in [1.29, 1.82) is 0 Å². The molecule has 0 bridgehead atoms. The number of aryl methyl sites for hydroxylation is 1. The van der Waals surface area contributed by atoms with Crippen LogP contribution < -0.4 is 15.0 Å². The summed E-state index contributed by atoms with van der Waals surface area (Å²) in [4.78, 5) is 17.7. The zero-order chi connectivity index (χ0) is 30.6. The van der Waals surface area contributed by atoms with Crippen LogP contribution in [0.5, 0.6) is 5.75 Å². The summed E-state index contributed by atoms with van der Waals surface area (Å²) in [7, 11) is 6.05. The minimum Gasteiger partial charge on any atom is -0.496 e. The molecule has 0 atom stereocenters. The molecule has 4 aromatic rings. The van der Waals surface area contributed by atoms with Crippen LogP contribution in [0.15, 0.2) is 54.7 Å². The summed E-state index contributed by atoms with van der Waals surface area (Å²) in [6, 6.07) is 18.2. The molecule has 2 aliphatic heterocycles. The Labute approximate surface area is 263 Å². The molecule has 8 heteroatoms. The number of hydrogen-bond acceptors (Lipinski definition) is 7. The van der Waals surface area contributed by atoms with Gasteiger partial charge >= 0.3 is 0 Å². The molecule has 44 heavy (non-hydrogen) atoms. The van der Waals surface area contributed by atoms with Crippen molar-refractivity contribution in [3.63, 3.8) is 0 Å². The molecule has 2 aromatic heterocycles. The zero-order valence-electron chi connectivity index (χ0n) is 27.2. The van der Waals surface area contributed by atoms with Crippen LogP contribution in [0, 0.1) is 5.92 Å². The van der Waals surface area contributed by atoms with Crippen molar-refractivity contribution in [3.05, 3.63) is 77.2 Å². The molecule has 0 spiro atoms. The van der Waals surface area contributed by atoms with E-state index in [4.69, 9.17) is 14.7 Å².